The number of hydrogen-bond donors (Lipinski definition) is 0. The molecule has 0 unspecified atom stereocenters. The van der Waals surface area contributed by atoms with Crippen LogP contribution in [0.3, 0.4) is 0 Å². The highest BCUT2D eigenvalue weighted by Crippen LogP contribution is 2.22. The summed E-state index contributed by atoms with van der Waals surface area (Å²) in [6.07, 6.45) is 7.93. The van der Waals surface area contributed by atoms with Gasteiger partial charge in [-0.15, -0.1) is 5.10 Å². The molecule has 0 aliphatic carbocycles. The number of halogens is 1. The highest BCUT2D eigenvalue weighted by Gasteiger charge is 2.06. The molecule has 0 atom stereocenters. The molecule has 0 spiro atoms. The van der Waals surface area contributed by atoms with Crippen molar-refractivity contribution in [3.05, 3.63) is 52.6 Å². The second-order valence-corrected chi connectivity index (χ2v) is 5.94. The van der Waals surface area contributed by atoms with Crippen LogP contribution in [-0.4, -0.2) is 16.4 Å². The van der Waals surface area contributed by atoms with E-state index in [9.17, 15) is 0 Å². The van der Waals surface area contributed by atoms with E-state index in [1.807, 2.05) is 18.2 Å². The number of nitrogens with zero attached hydrogens (tertiary/aromatic N) is 3. The summed E-state index contributed by atoms with van der Waals surface area (Å²) in [4.78, 5) is 4.17. The maximum Gasteiger partial charge on any atom is 0.342 e. The number of aliphatic imine (C=N–C) groups is 1. The van der Waals surface area contributed by atoms with Crippen molar-refractivity contribution in [1.29, 1.82) is 0 Å². The van der Waals surface area contributed by atoms with Gasteiger partial charge in [0.2, 0.25) is 5.89 Å². The Morgan fingerprint density at radius 3 is 2.61 bits per heavy atom. The van der Waals surface area contributed by atoms with Crippen LogP contribution < -0.4 is 0 Å². The van der Waals surface area contributed by atoms with Gasteiger partial charge in [-0.05, 0) is 64.0 Å². The minimum atomic E-state index is 0.239. The average molecular weight is 330 g/mol. The molecule has 0 saturated heterocycles. The molecule has 0 fully saturated rings. The van der Waals surface area contributed by atoms with E-state index >= 15 is 0 Å². The van der Waals surface area contributed by atoms with Crippen LogP contribution in [0.4, 0.5) is 6.01 Å². The molecule has 0 N–H and O–H groups in total. The van der Waals surface area contributed by atoms with Crippen molar-refractivity contribution in [2.75, 3.05) is 0 Å². The maximum atomic E-state index is 5.86. The molecule has 5 heteroatoms. The Balaban J connectivity index is 1.96. The molecule has 0 radical (unpaired) electrons. The van der Waals surface area contributed by atoms with Crippen molar-refractivity contribution in [3.63, 3.8) is 0 Å². The monoisotopic (exact) mass is 329 g/mol. The van der Waals surface area contributed by atoms with Gasteiger partial charge in [0.05, 0.1) is 0 Å². The smallest absolute Gasteiger partial charge is 0.342 e. The molecule has 120 valence electrons. The van der Waals surface area contributed by atoms with Crippen LogP contribution in [0, 0.1) is 0 Å². The van der Waals surface area contributed by atoms with Gasteiger partial charge in [0.1, 0.15) is 0 Å². The normalized spacial score (nSPS) is 11.9. The first-order valence-electron chi connectivity index (χ1n) is 7.47. The van der Waals surface area contributed by atoms with Crippen molar-refractivity contribution < 1.29 is 4.42 Å². The van der Waals surface area contributed by atoms with Crippen LogP contribution in [0.1, 0.15) is 33.6 Å². The minimum Gasteiger partial charge on any atom is -0.402 e. The van der Waals surface area contributed by atoms with Crippen LogP contribution in [0.5, 0.6) is 0 Å². The van der Waals surface area contributed by atoms with Gasteiger partial charge in [-0.3, -0.25) is 0 Å². The van der Waals surface area contributed by atoms with E-state index in [4.69, 9.17) is 16.0 Å². The molecule has 23 heavy (non-hydrogen) atoms. The van der Waals surface area contributed by atoms with Crippen LogP contribution in [0.25, 0.3) is 11.5 Å². The Labute approximate surface area is 141 Å². The summed E-state index contributed by atoms with van der Waals surface area (Å²) in [7, 11) is 0. The lowest BCUT2D eigenvalue weighted by atomic mass is 10.1. The van der Waals surface area contributed by atoms with E-state index in [2.05, 4.69) is 42.0 Å². The van der Waals surface area contributed by atoms with Gasteiger partial charge < -0.3 is 4.42 Å². The molecular formula is C18H20ClN3O. The standard InChI is InChI=1S/C18H20ClN3O/c1-13(2)5-4-6-14(3)11-12-20-18-22-21-17(23-18)15-7-9-16(19)10-8-15/h5,7-12H,4,6H2,1-3H3/b14-11-,20-12-. The van der Waals surface area contributed by atoms with Gasteiger partial charge in [0.25, 0.3) is 0 Å². The Morgan fingerprint density at radius 2 is 1.91 bits per heavy atom. The summed E-state index contributed by atoms with van der Waals surface area (Å²) in [6.45, 7) is 6.29. The maximum absolute atomic E-state index is 5.86. The zero-order valence-corrected chi connectivity index (χ0v) is 14.3. The van der Waals surface area contributed by atoms with Gasteiger partial charge in [-0.1, -0.05) is 33.9 Å². The fourth-order valence-electron chi connectivity index (χ4n) is 1.88. The highest BCUT2D eigenvalue weighted by atomic mass is 35.5. The zero-order valence-electron chi connectivity index (χ0n) is 13.6. The number of aromatic nitrogens is 2. The van der Waals surface area contributed by atoms with Gasteiger partial charge in [0, 0.05) is 16.8 Å². The molecule has 0 saturated carbocycles. The lowest BCUT2D eigenvalue weighted by molar-refractivity contribution is 0.580. The molecular weight excluding hydrogens is 310 g/mol. The first-order chi connectivity index (χ1) is 11.0. The van der Waals surface area contributed by atoms with E-state index in [0.717, 1.165) is 18.4 Å². The molecule has 1 heterocycles. The second-order valence-electron chi connectivity index (χ2n) is 5.51. The molecule has 1 aromatic carbocycles. The topological polar surface area (TPSA) is 51.3 Å². The number of rotatable bonds is 6. The quantitative estimate of drug-likeness (QED) is 0.498. The first kappa shape index (κ1) is 17.2. The zero-order chi connectivity index (χ0) is 16.7. The van der Waals surface area contributed by atoms with Crippen molar-refractivity contribution in [3.8, 4) is 11.5 Å². The molecule has 2 aromatic rings. The second kappa shape index (κ2) is 8.44. The predicted octanol–water partition coefficient (Wildman–Crippen LogP) is 5.79. The summed E-state index contributed by atoms with van der Waals surface area (Å²) < 4.78 is 5.50. The first-order valence-corrected chi connectivity index (χ1v) is 7.85. The van der Waals surface area contributed by atoms with Crippen LogP contribution in [0.15, 0.2) is 57.0 Å². The number of benzene rings is 1. The molecule has 0 bridgehead atoms. The summed E-state index contributed by atoms with van der Waals surface area (Å²) in [5, 5.41) is 8.56. The predicted molar refractivity (Wildman–Crippen MR) is 95.3 cm³/mol. The van der Waals surface area contributed by atoms with Crippen molar-refractivity contribution in [2.45, 2.75) is 33.6 Å². The van der Waals surface area contributed by atoms with E-state index in [-0.39, 0.29) is 6.01 Å². The lowest BCUT2D eigenvalue weighted by Gasteiger charge is -1.96. The third-order valence-electron chi connectivity index (χ3n) is 3.14. The lowest BCUT2D eigenvalue weighted by Crippen LogP contribution is -1.78. The summed E-state index contributed by atoms with van der Waals surface area (Å²) in [6, 6.07) is 7.46. The van der Waals surface area contributed by atoms with Crippen LogP contribution in [0.2, 0.25) is 5.02 Å². The Hall–Kier alpha value is -2.20. The number of hydrogen-bond acceptors (Lipinski definition) is 4. The molecule has 1 aromatic heterocycles. The Bertz CT molecular complexity index is 723. The number of allylic oxidation sites excluding steroid dienone is 4. The molecule has 2 rings (SSSR count). The Kier molecular flexibility index (Phi) is 6.29. The fraction of sp³-hybridized carbons (Fsp3) is 0.278. The fourth-order valence-corrected chi connectivity index (χ4v) is 2.00. The molecule has 0 amide bonds. The van der Waals surface area contributed by atoms with Crippen LogP contribution >= 0.6 is 11.6 Å². The minimum absolute atomic E-state index is 0.239. The van der Waals surface area contributed by atoms with Crippen molar-refractivity contribution in [2.24, 2.45) is 4.99 Å². The highest BCUT2D eigenvalue weighted by molar-refractivity contribution is 6.30. The Morgan fingerprint density at radius 1 is 1.17 bits per heavy atom. The third-order valence-corrected chi connectivity index (χ3v) is 3.39. The van der Waals surface area contributed by atoms with E-state index in [1.165, 1.54) is 11.1 Å². The van der Waals surface area contributed by atoms with E-state index in [0.29, 0.717) is 10.9 Å². The van der Waals surface area contributed by atoms with Gasteiger partial charge in [-0.2, -0.15) is 0 Å². The van der Waals surface area contributed by atoms with Gasteiger partial charge in [0.15, 0.2) is 0 Å². The molecule has 4 nitrogen and oxygen atoms in total. The van der Waals surface area contributed by atoms with Crippen molar-refractivity contribution in [1.82, 2.24) is 10.2 Å². The van der Waals surface area contributed by atoms with Crippen LogP contribution in [-0.2, 0) is 0 Å². The summed E-state index contributed by atoms with van der Waals surface area (Å²) in [5.74, 6) is 0.429. The van der Waals surface area contributed by atoms with Gasteiger partial charge in [-0.25, -0.2) is 4.99 Å². The van der Waals surface area contributed by atoms with Gasteiger partial charge >= 0.3 is 6.01 Å². The van der Waals surface area contributed by atoms with E-state index < -0.39 is 0 Å². The third kappa shape index (κ3) is 5.83. The average Bonchev–Trinajstić information content (AvgIpc) is 2.96. The summed E-state index contributed by atoms with van der Waals surface area (Å²) in [5.41, 5.74) is 3.41. The van der Waals surface area contributed by atoms with Crippen molar-refractivity contribution >= 4 is 23.8 Å². The molecule has 0 aliphatic heterocycles. The SMILES string of the molecule is CC(C)=CCC/C(C)=C\C=N/c1nnc(-c2ccc(Cl)cc2)o1. The summed E-state index contributed by atoms with van der Waals surface area (Å²) >= 11 is 5.86. The van der Waals surface area contributed by atoms with E-state index in [1.54, 1.807) is 18.3 Å². The largest absolute Gasteiger partial charge is 0.402 e. The molecule has 0 aliphatic rings.